The summed E-state index contributed by atoms with van der Waals surface area (Å²) in [5.41, 5.74) is -0.899. The van der Waals surface area contributed by atoms with Gasteiger partial charge >= 0.3 is 0 Å². The van der Waals surface area contributed by atoms with Crippen LogP contribution in [0, 0.1) is 15.9 Å². The Morgan fingerprint density at radius 1 is 1.50 bits per heavy atom. The van der Waals surface area contributed by atoms with Crippen LogP contribution in [0.2, 0.25) is 5.02 Å². The highest BCUT2D eigenvalue weighted by molar-refractivity contribution is 6.31. The smallest absolute Gasteiger partial charge is 0.295 e. The van der Waals surface area contributed by atoms with Crippen LogP contribution in [-0.2, 0) is 0 Å². The summed E-state index contributed by atoms with van der Waals surface area (Å²) in [5.74, 6) is -0.997. The molecule has 5 nitrogen and oxygen atoms in total. The van der Waals surface area contributed by atoms with Crippen LogP contribution in [0.5, 0.6) is 0 Å². The van der Waals surface area contributed by atoms with E-state index < -0.39 is 40.5 Å². The number of halogens is 4. The highest BCUT2D eigenvalue weighted by atomic mass is 35.5. The van der Waals surface area contributed by atoms with Crippen LogP contribution >= 0.6 is 11.6 Å². The van der Waals surface area contributed by atoms with Gasteiger partial charge < -0.3 is 10.4 Å². The zero-order chi connectivity index (χ0) is 13.9. The molecule has 1 atom stereocenters. The standard InChI is InChI=1S/C9H8ClF3N2O3/c10-4-1-6(14-3-8(16)9(12)13)7(15(17)18)2-5(4)11/h1-2,8-9,14,16H,3H2. The van der Waals surface area contributed by atoms with Gasteiger partial charge in [0.05, 0.1) is 16.0 Å². The lowest BCUT2D eigenvalue weighted by Gasteiger charge is -2.12. The molecular formula is C9H8ClF3N2O3. The number of nitro groups is 1. The maximum Gasteiger partial charge on any atom is 0.295 e. The van der Waals surface area contributed by atoms with Crippen LogP contribution < -0.4 is 5.32 Å². The Kier molecular flexibility index (Phi) is 4.74. The molecule has 100 valence electrons. The van der Waals surface area contributed by atoms with E-state index in [1.165, 1.54) is 0 Å². The fourth-order valence-electron chi connectivity index (χ4n) is 1.13. The maximum absolute atomic E-state index is 13.0. The topological polar surface area (TPSA) is 75.4 Å². The van der Waals surface area contributed by atoms with Crippen LogP contribution in [0.15, 0.2) is 12.1 Å². The molecule has 18 heavy (non-hydrogen) atoms. The first-order chi connectivity index (χ1) is 8.32. The second-order valence-corrected chi connectivity index (χ2v) is 3.73. The van der Waals surface area contributed by atoms with E-state index in [1.807, 2.05) is 0 Å². The lowest BCUT2D eigenvalue weighted by Crippen LogP contribution is -2.27. The van der Waals surface area contributed by atoms with E-state index in [0.717, 1.165) is 6.07 Å². The molecule has 0 aliphatic carbocycles. The molecule has 0 aliphatic rings. The molecule has 0 saturated carbocycles. The van der Waals surface area contributed by atoms with Crippen LogP contribution in [0.25, 0.3) is 0 Å². The minimum Gasteiger partial charge on any atom is -0.385 e. The minimum atomic E-state index is -2.99. The summed E-state index contributed by atoms with van der Waals surface area (Å²) >= 11 is 5.42. The minimum absolute atomic E-state index is 0.244. The molecular weight excluding hydrogens is 277 g/mol. The van der Waals surface area contributed by atoms with Crippen LogP contribution in [0.3, 0.4) is 0 Å². The second kappa shape index (κ2) is 5.87. The van der Waals surface area contributed by atoms with Crippen LogP contribution in [0.1, 0.15) is 0 Å². The van der Waals surface area contributed by atoms with Gasteiger partial charge in [-0.15, -0.1) is 0 Å². The molecule has 0 radical (unpaired) electrons. The van der Waals surface area contributed by atoms with Crippen molar-refractivity contribution in [1.82, 2.24) is 0 Å². The third-order valence-corrected chi connectivity index (χ3v) is 2.32. The van der Waals surface area contributed by atoms with Gasteiger partial charge in [-0.25, -0.2) is 13.2 Å². The van der Waals surface area contributed by atoms with E-state index in [-0.39, 0.29) is 5.69 Å². The van der Waals surface area contributed by atoms with E-state index in [1.54, 1.807) is 0 Å². The van der Waals surface area contributed by atoms with Gasteiger partial charge in [-0.1, -0.05) is 11.6 Å². The third kappa shape index (κ3) is 3.47. The van der Waals surface area contributed by atoms with E-state index >= 15 is 0 Å². The molecule has 9 heteroatoms. The summed E-state index contributed by atoms with van der Waals surface area (Å²) in [6.07, 6.45) is -4.99. The zero-order valence-electron chi connectivity index (χ0n) is 8.74. The molecule has 2 N–H and O–H groups in total. The SMILES string of the molecule is O=[N+]([O-])c1cc(F)c(Cl)cc1NCC(O)C(F)F. The first-order valence-corrected chi connectivity index (χ1v) is 5.04. The number of rotatable bonds is 5. The molecule has 1 aromatic carbocycles. The van der Waals surface area contributed by atoms with E-state index in [4.69, 9.17) is 16.7 Å². The van der Waals surface area contributed by atoms with E-state index in [9.17, 15) is 23.3 Å². The van der Waals surface area contributed by atoms with E-state index in [2.05, 4.69) is 5.32 Å². The predicted octanol–water partition coefficient (Wildman–Crippen LogP) is 2.43. The fraction of sp³-hybridized carbons (Fsp3) is 0.333. The predicted molar refractivity (Wildman–Crippen MR) is 58.6 cm³/mol. The summed E-state index contributed by atoms with van der Waals surface area (Å²) in [6, 6.07) is 1.46. The number of alkyl halides is 2. The molecule has 0 heterocycles. The van der Waals surface area contributed by atoms with Crippen molar-refractivity contribution in [1.29, 1.82) is 0 Å². The molecule has 1 aromatic rings. The average molecular weight is 285 g/mol. The Bertz CT molecular complexity index is 459. The number of hydrogen-bond acceptors (Lipinski definition) is 4. The number of nitrogens with one attached hydrogen (secondary N) is 1. The maximum atomic E-state index is 13.0. The van der Waals surface area contributed by atoms with Gasteiger partial charge in [0.2, 0.25) is 0 Å². The van der Waals surface area contributed by atoms with Crippen molar-refractivity contribution < 1.29 is 23.2 Å². The summed E-state index contributed by atoms with van der Waals surface area (Å²) in [4.78, 5) is 9.72. The monoisotopic (exact) mass is 284 g/mol. The van der Waals surface area contributed by atoms with Crippen molar-refractivity contribution in [3.63, 3.8) is 0 Å². The third-order valence-electron chi connectivity index (χ3n) is 2.03. The van der Waals surface area contributed by atoms with Gasteiger partial charge in [0.25, 0.3) is 12.1 Å². The number of aliphatic hydroxyl groups excluding tert-OH is 1. The van der Waals surface area contributed by atoms with Gasteiger partial charge in [-0.3, -0.25) is 10.1 Å². The Labute approximate surface area is 104 Å². The zero-order valence-corrected chi connectivity index (χ0v) is 9.50. The van der Waals surface area contributed by atoms with Crippen LogP contribution in [-0.4, -0.2) is 29.1 Å². The van der Waals surface area contributed by atoms with Crippen molar-refractivity contribution in [2.45, 2.75) is 12.5 Å². The van der Waals surface area contributed by atoms with Crippen molar-refractivity contribution in [2.24, 2.45) is 0 Å². The Balaban J connectivity index is 2.93. The molecule has 0 aliphatic heterocycles. The summed E-state index contributed by atoms with van der Waals surface area (Å²) in [6.45, 7) is -0.625. The highest BCUT2D eigenvalue weighted by Crippen LogP contribution is 2.30. The second-order valence-electron chi connectivity index (χ2n) is 3.32. The lowest BCUT2D eigenvalue weighted by molar-refractivity contribution is -0.384. The van der Waals surface area contributed by atoms with Gasteiger partial charge in [-0.05, 0) is 6.07 Å². The Morgan fingerprint density at radius 2 is 2.11 bits per heavy atom. The molecule has 0 fully saturated rings. The highest BCUT2D eigenvalue weighted by Gasteiger charge is 2.21. The van der Waals surface area contributed by atoms with Crippen LogP contribution in [0.4, 0.5) is 24.5 Å². The Morgan fingerprint density at radius 3 is 2.61 bits per heavy atom. The number of nitrogens with zero attached hydrogens (tertiary/aromatic N) is 1. The number of aliphatic hydroxyl groups is 1. The number of benzene rings is 1. The molecule has 0 aromatic heterocycles. The fourth-order valence-corrected chi connectivity index (χ4v) is 1.30. The summed E-state index contributed by atoms with van der Waals surface area (Å²) in [5, 5.41) is 21.3. The number of anilines is 1. The van der Waals surface area contributed by atoms with Crippen molar-refractivity contribution in [3.8, 4) is 0 Å². The number of hydrogen-bond donors (Lipinski definition) is 2. The van der Waals surface area contributed by atoms with Gasteiger partial charge in [-0.2, -0.15) is 0 Å². The average Bonchev–Trinajstić information content (AvgIpc) is 2.29. The molecule has 1 unspecified atom stereocenters. The van der Waals surface area contributed by atoms with Crippen molar-refractivity contribution in [3.05, 3.63) is 33.1 Å². The Hall–Kier alpha value is -1.54. The first-order valence-electron chi connectivity index (χ1n) is 4.66. The van der Waals surface area contributed by atoms with Gasteiger partial charge in [0.1, 0.15) is 17.6 Å². The number of nitro benzene ring substituents is 1. The molecule has 0 saturated heterocycles. The first kappa shape index (κ1) is 14.5. The van der Waals surface area contributed by atoms with Gasteiger partial charge in [0, 0.05) is 6.54 Å². The normalized spacial score (nSPS) is 12.6. The molecule has 1 rings (SSSR count). The van der Waals surface area contributed by atoms with Crippen molar-refractivity contribution in [2.75, 3.05) is 11.9 Å². The molecule has 0 amide bonds. The molecule has 0 spiro atoms. The summed E-state index contributed by atoms with van der Waals surface area (Å²) in [7, 11) is 0. The molecule has 0 bridgehead atoms. The van der Waals surface area contributed by atoms with E-state index in [0.29, 0.717) is 6.07 Å². The van der Waals surface area contributed by atoms with Crippen molar-refractivity contribution >= 4 is 23.0 Å². The summed E-state index contributed by atoms with van der Waals surface area (Å²) < 4.78 is 37.1. The van der Waals surface area contributed by atoms with Gasteiger partial charge in [0.15, 0.2) is 0 Å². The quantitative estimate of drug-likeness (QED) is 0.643. The lowest BCUT2D eigenvalue weighted by atomic mass is 10.2. The largest absolute Gasteiger partial charge is 0.385 e.